The number of hydrogen-bond acceptors (Lipinski definition) is 6. The lowest BCUT2D eigenvalue weighted by atomic mass is 9.83. The highest BCUT2D eigenvalue weighted by Gasteiger charge is 2.54. The molecule has 140 valence electrons. The predicted molar refractivity (Wildman–Crippen MR) is 89.5 cm³/mol. The quantitative estimate of drug-likeness (QED) is 0.574. The van der Waals surface area contributed by atoms with Crippen molar-refractivity contribution >= 4 is 11.9 Å². The Bertz CT molecular complexity index is 597. The first-order chi connectivity index (χ1) is 11.7. The molecule has 3 aliphatic heterocycles. The van der Waals surface area contributed by atoms with Gasteiger partial charge in [0.2, 0.25) is 0 Å². The van der Waals surface area contributed by atoms with Crippen LogP contribution in [0.1, 0.15) is 53.4 Å². The summed E-state index contributed by atoms with van der Waals surface area (Å²) in [7, 11) is 1.63. The van der Waals surface area contributed by atoms with E-state index in [9.17, 15) is 9.59 Å². The minimum atomic E-state index is -0.800. The van der Waals surface area contributed by atoms with Gasteiger partial charge >= 0.3 is 11.9 Å². The molecule has 0 spiro atoms. The van der Waals surface area contributed by atoms with Crippen LogP contribution in [0, 0.1) is 11.8 Å². The van der Waals surface area contributed by atoms with Crippen LogP contribution in [0.25, 0.3) is 0 Å². The third kappa shape index (κ3) is 3.34. The van der Waals surface area contributed by atoms with Crippen molar-refractivity contribution in [3.63, 3.8) is 0 Å². The molecular weight excluding hydrogens is 324 g/mol. The Morgan fingerprint density at radius 3 is 2.72 bits per heavy atom. The largest absolute Gasteiger partial charge is 0.462 e. The zero-order valence-corrected chi connectivity index (χ0v) is 15.7. The van der Waals surface area contributed by atoms with E-state index >= 15 is 0 Å². The molecule has 2 fully saturated rings. The number of ether oxygens (including phenoxy) is 4. The van der Waals surface area contributed by atoms with Crippen molar-refractivity contribution in [1.29, 1.82) is 0 Å². The maximum atomic E-state index is 12.2. The molecule has 2 saturated heterocycles. The highest BCUT2D eigenvalue weighted by Crippen LogP contribution is 2.48. The predicted octanol–water partition coefficient (Wildman–Crippen LogP) is 2.75. The molecule has 3 rings (SSSR count). The molecule has 0 amide bonds. The van der Waals surface area contributed by atoms with Crippen molar-refractivity contribution in [2.75, 3.05) is 7.11 Å². The van der Waals surface area contributed by atoms with E-state index in [-0.39, 0.29) is 30.2 Å². The summed E-state index contributed by atoms with van der Waals surface area (Å²) in [5.41, 5.74) is 0.423. The molecule has 6 nitrogen and oxygen atoms in total. The molecule has 3 heterocycles. The number of hydrogen-bond donors (Lipinski definition) is 0. The summed E-state index contributed by atoms with van der Waals surface area (Å²) in [6.45, 7) is 7.58. The molecule has 2 bridgehead atoms. The van der Waals surface area contributed by atoms with Crippen molar-refractivity contribution in [2.45, 2.75) is 77.0 Å². The van der Waals surface area contributed by atoms with Crippen molar-refractivity contribution in [3.8, 4) is 0 Å². The number of methoxy groups -OCH3 is 1. The summed E-state index contributed by atoms with van der Waals surface area (Å²) in [6, 6.07) is 0. The van der Waals surface area contributed by atoms with E-state index < -0.39 is 23.6 Å². The van der Waals surface area contributed by atoms with E-state index in [1.54, 1.807) is 21.0 Å². The van der Waals surface area contributed by atoms with Gasteiger partial charge < -0.3 is 18.9 Å². The second-order valence-corrected chi connectivity index (χ2v) is 8.02. The van der Waals surface area contributed by atoms with E-state index in [1.807, 2.05) is 19.9 Å². The molecule has 0 N–H and O–H groups in total. The van der Waals surface area contributed by atoms with Gasteiger partial charge in [0.15, 0.2) is 5.79 Å². The Labute approximate surface area is 148 Å². The van der Waals surface area contributed by atoms with Crippen LogP contribution in [0.2, 0.25) is 0 Å². The van der Waals surface area contributed by atoms with Gasteiger partial charge in [-0.1, -0.05) is 13.8 Å². The Balaban J connectivity index is 1.98. The molecular formula is C19H28O6. The highest BCUT2D eigenvalue weighted by atomic mass is 16.7. The fourth-order valence-corrected chi connectivity index (χ4v) is 4.12. The molecule has 0 aromatic heterocycles. The van der Waals surface area contributed by atoms with Crippen LogP contribution in [0.3, 0.4) is 0 Å². The second-order valence-electron chi connectivity index (χ2n) is 8.02. The third-order valence-corrected chi connectivity index (χ3v) is 5.68. The topological polar surface area (TPSA) is 71.1 Å². The standard InChI is InChI=1S/C19H28O6/c1-11(2)17(21)24-15-10-18(4)6-7-19(22-5,25-18)12(3)8-14-13(15)9-16(20)23-14/h8,11,13-15H,6-7,9-10H2,1-5H3/b12-8-/t13-,14+,15+,18+,19-/m0/s1. The molecule has 0 radical (unpaired) electrons. The number of rotatable bonds is 3. The van der Waals surface area contributed by atoms with Gasteiger partial charge in [-0.25, -0.2) is 0 Å². The molecule has 0 aromatic carbocycles. The van der Waals surface area contributed by atoms with Gasteiger partial charge in [-0.3, -0.25) is 9.59 Å². The van der Waals surface area contributed by atoms with Crippen LogP contribution in [0.4, 0.5) is 0 Å². The summed E-state index contributed by atoms with van der Waals surface area (Å²) >= 11 is 0. The number of carbonyl (C=O) groups is 2. The van der Waals surface area contributed by atoms with Crippen LogP contribution in [0.15, 0.2) is 11.6 Å². The third-order valence-electron chi connectivity index (χ3n) is 5.68. The SMILES string of the molecule is CO[C@]12CC[C@](C)(C[C@@H](OC(=O)C(C)C)[C@H]3CC(=O)O[C@@H]3/C=C\1C)O2. The molecule has 0 aromatic rings. The van der Waals surface area contributed by atoms with Crippen LogP contribution in [-0.2, 0) is 28.5 Å². The van der Waals surface area contributed by atoms with Gasteiger partial charge in [0.05, 0.1) is 17.9 Å². The maximum absolute atomic E-state index is 12.2. The van der Waals surface area contributed by atoms with Gasteiger partial charge in [-0.2, -0.15) is 0 Å². The van der Waals surface area contributed by atoms with Crippen LogP contribution < -0.4 is 0 Å². The molecule has 0 saturated carbocycles. The molecule has 3 aliphatic rings. The van der Waals surface area contributed by atoms with Crippen molar-refractivity contribution in [1.82, 2.24) is 0 Å². The minimum Gasteiger partial charge on any atom is -0.462 e. The first-order valence-corrected chi connectivity index (χ1v) is 9.02. The Kier molecular flexibility index (Phi) is 4.71. The van der Waals surface area contributed by atoms with Crippen molar-refractivity contribution < 1.29 is 28.5 Å². The number of fused-ring (bicyclic) bond motifs is 3. The highest BCUT2D eigenvalue weighted by molar-refractivity contribution is 5.74. The number of carbonyl (C=O) groups excluding carboxylic acids is 2. The van der Waals surface area contributed by atoms with Gasteiger partial charge in [-0.05, 0) is 31.9 Å². The average Bonchev–Trinajstić information content (AvgIpc) is 3.07. The van der Waals surface area contributed by atoms with E-state index in [0.29, 0.717) is 6.42 Å². The molecule has 25 heavy (non-hydrogen) atoms. The van der Waals surface area contributed by atoms with E-state index in [4.69, 9.17) is 18.9 Å². The minimum absolute atomic E-state index is 0.196. The van der Waals surface area contributed by atoms with Crippen LogP contribution in [-0.4, -0.2) is 42.6 Å². The molecule has 6 heteroatoms. The van der Waals surface area contributed by atoms with Crippen molar-refractivity contribution in [2.24, 2.45) is 11.8 Å². The Morgan fingerprint density at radius 2 is 2.08 bits per heavy atom. The Hall–Kier alpha value is -1.40. The fourth-order valence-electron chi connectivity index (χ4n) is 4.12. The lowest BCUT2D eigenvalue weighted by molar-refractivity contribution is -0.218. The monoisotopic (exact) mass is 352 g/mol. The lowest BCUT2D eigenvalue weighted by Crippen LogP contribution is -2.40. The first-order valence-electron chi connectivity index (χ1n) is 9.02. The molecule has 0 aliphatic carbocycles. The average molecular weight is 352 g/mol. The zero-order valence-electron chi connectivity index (χ0n) is 15.7. The summed E-state index contributed by atoms with van der Waals surface area (Å²) < 4.78 is 23.4. The van der Waals surface area contributed by atoms with E-state index in [1.165, 1.54) is 0 Å². The van der Waals surface area contributed by atoms with Gasteiger partial charge in [-0.15, -0.1) is 0 Å². The maximum Gasteiger partial charge on any atom is 0.308 e. The van der Waals surface area contributed by atoms with Gasteiger partial charge in [0.1, 0.15) is 12.2 Å². The van der Waals surface area contributed by atoms with Gasteiger partial charge in [0.25, 0.3) is 0 Å². The fraction of sp³-hybridized carbons (Fsp3) is 0.789. The summed E-state index contributed by atoms with van der Waals surface area (Å²) in [5.74, 6) is -1.74. The summed E-state index contributed by atoms with van der Waals surface area (Å²) in [5, 5.41) is 0. The van der Waals surface area contributed by atoms with Crippen LogP contribution >= 0.6 is 0 Å². The summed E-state index contributed by atoms with van der Waals surface area (Å²) in [4.78, 5) is 24.2. The first kappa shape index (κ1) is 18.4. The molecule has 0 unspecified atom stereocenters. The van der Waals surface area contributed by atoms with Gasteiger partial charge in [0, 0.05) is 25.9 Å². The smallest absolute Gasteiger partial charge is 0.308 e. The molecule has 5 atom stereocenters. The lowest BCUT2D eigenvalue weighted by Gasteiger charge is -2.34. The van der Waals surface area contributed by atoms with Crippen LogP contribution in [0.5, 0.6) is 0 Å². The Morgan fingerprint density at radius 1 is 1.36 bits per heavy atom. The zero-order chi connectivity index (χ0) is 18.4. The van der Waals surface area contributed by atoms with Crippen molar-refractivity contribution in [3.05, 3.63) is 11.6 Å². The second kappa shape index (κ2) is 6.40. The van der Waals surface area contributed by atoms with E-state index in [0.717, 1.165) is 18.4 Å². The normalized spacial score (nSPS) is 42.7. The summed E-state index contributed by atoms with van der Waals surface area (Å²) in [6.07, 6.45) is 3.36. The number of esters is 2. The van der Waals surface area contributed by atoms with E-state index in [2.05, 4.69) is 0 Å².